The van der Waals surface area contributed by atoms with Gasteiger partial charge in [-0.25, -0.2) is 0 Å². The van der Waals surface area contributed by atoms with Crippen LogP contribution in [0.4, 0.5) is 5.69 Å². The maximum absolute atomic E-state index is 6.45. The van der Waals surface area contributed by atoms with Crippen LogP contribution in [-0.4, -0.2) is 24.7 Å². The summed E-state index contributed by atoms with van der Waals surface area (Å²) in [6.07, 6.45) is 7.57. The number of hydrogen-bond donors (Lipinski definition) is 1. The van der Waals surface area contributed by atoms with E-state index in [0.29, 0.717) is 23.1 Å². The summed E-state index contributed by atoms with van der Waals surface area (Å²) < 4.78 is 0. The molecule has 2 aliphatic rings. The summed E-state index contributed by atoms with van der Waals surface area (Å²) in [5, 5.41) is 5.22. The Morgan fingerprint density at radius 1 is 1.19 bits per heavy atom. The quantitative estimate of drug-likeness (QED) is 0.847. The van der Waals surface area contributed by atoms with E-state index < -0.39 is 0 Å². The number of halogens is 2. The van der Waals surface area contributed by atoms with Gasteiger partial charge >= 0.3 is 0 Å². The van der Waals surface area contributed by atoms with Gasteiger partial charge in [0.15, 0.2) is 0 Å². The van der Waals surface area contributed by atoms with Crippen molar-refractivity contribution in [1.29, 1.82) is 0 Å². The molecule has 3 rings (SSSR count). The second-order valence-corrected chi connectivity index (χ2v) is 7.21. The van der Waals surface area contributed by atoms with Crippen LogP contribution in [0.15, 0.2) is 18.2 Å². The average Bonchev–Trinajstić information content (AvgIpc) is 2.44. The minimum absolute atomic E-state index is 0.616. The Morgan fingerprint density at radius 2 is 1.90 bits per heavy atom. The molecule has 1 N–H and O–H groups in total. The number of hydrogen-bond acceptors (Lipinski definition) is 2. The van der Waals surface area contributed by atoms with Crippen molar-refractivity contribution in [3.05, 3.63) is 28.2 Å². The van der Waals surface area contributed by atoms with Gasteiger partial charge in [0.05, 0.1) is 10.7 Å². The van der Waals surface area contributed by atoms with Crippen molar-refractivity contribution in [2.45, 2.75) is 63.6 Å². The first-order valence-corrected chi connectivity index (χ1v) is 8.91. The Labute approximate surface area is 137 Å². The van der Waals surface area contributed by atoms with E-state index >= 15 is 0 Å². The Bertz CT molecular complexity index is 478. The molecule has 0 aliphatic carbocycles. The van der Waals surface area contributed by atoms with Crippen LogP contribution in [-0.2, 0) is 0 Å². The summed E-state index contributed by atoms with van der Waals surface area (Å²) >= 11 is 12.5. The van der Waals surface area contributed by atoms with Gasteiger partial charge in [-0.15, -0.1) is 0 Å². The molecule has 2 heterocycles. The van der Waals surface area contributed by atoms with E-state index in [9.17, 15) is 0 Å². The predicted octanol–water partition coefficient (Wildman–Crippen LogP) is 4.88. The average molecular weight is 327 g/mol. The highest BCUT2D eigenvalue weighted by atomic mass is 35.5. The molecular formula is C17H24Cl2N2. The molecule has 1 aromatic carbocycles. The molecule has 2 fully saturated rings. The standard InChI is InChI=1S/C17H24Cl2N2/c1-2-8-20-13-10-14-4-3-5-15(11-13)21(14)17-7-6-12(18)9-16(17)19/h6-7,9,13-15,20H,2-5,8,10-11H2,1H3. The third kappa shape index (κ3) is 3.33. The molecule has 4 heteroatoms. The summed E-state index contributed by atoms with van der Waals surface area (Å²) in [5.74, 6) is 0. The number of nitrogens with zero attached hydrogens (tertiary/aromatic N) is 1. The highest BCUT2D eigenvalue weighted by Gasteiger charge is 2.38. The molecule has 116 valence electrons. The van der Waals surface area contributed by atoms with Crippen LogP contribution in [0.3, 0.4) is 0 Å². The second-order valence-electron chi connectivity index (χ2n) is 6.36. The van der Waals surface area contributed by atoms with Crippen molar-refractivity contribution in [3.63, 3.8) is 0 Å². The van der Waals surface area contributed by atoms with Gasteiger partial charge in [0.1, 0.15) is 0 Å². The fraction of sp³-hybridized carbons (Fsp3) is 0.647. The Kier molecular flexibility index (Phi) is 4.98. The van der Waals surface area contributed by atoms with Gasteiger partial charge in [0, 0.05) is 23.1 Å². The van der Waals surface area contributed by atoms with Crippen LogP contribution < -0.4 is 10.2 Å². The SMILES string of the molecule is CCCNC1CC2CCCC(C1)N2c1ccc(Cl)cc1Cl. The van der Waals surface area contributed by atoms with Crippen LogP contribution in [0.5, 0.6) is 0 Å². The van der Waals surface area contributed by atoms with E-state index in [0.717, 1.165) is 11.6 Å². The first-order chi connectivity index (χ1) is 10.2. The Morgan fingerprint density at radius 3 is 2.52 bits per heavy atom. The number of rotatable bonds is 4. The zero-order chi connectivity index (χ0) is 14.8. The summed E-state index contributed by atoms with van der Waals surface area (Å²) in [7, 11) is 0. The molecule has 2 unspecified atom stereocenters. The largest absolute Gasteiger partial charge is 0.364 e. The minimum atomic E-state index is 0.616. The highest BCUT2D eigenvalue weighted by molar-refractivity contribution is 6.36. The third-order valence-electron chi connectivity index (χ3n) is 4.85. The van der Waals surface area contributed by atoms with Gasteiger partial charge in [0.2, 0.25) is 0 Å². The molecule has 0 aromatic heterocycles. The lowest BCUT2D eigenvalue weighted by Crippen LogP contribution is -2.56. The van der Waals surface area contributed by atoms with Crippen molar-refractivity contribution in [2.24, 2.45) is 0 Å². The Hall–Kier alpha value is -0.440. The lowest BCUT2D eigenvalue weighted by molar-refractivity contribution is 0.246. The molecular weight excluding hydrogens is 303 g/mol. The lowest BCUT2D eigenvalue weighted by atomic mass is 9.81. The molecule has 0 spiro atoms. The zero-order valence-electron chi connectivity index (χ0n) is 12.6. The molecule has 0 radical (unpaired) electrons. The number of benzene rings is 1. The van der Waals surface area contributed by atoms with Crippen LogP contribution in [0.2, 0.25) is 10.0 Å². The lowest BCUT2D eigenvalue weighted by Gasteiger charge is -2.50. The van der Waals surface area contributed by atoms with Gasteiger partial charge in [-0.05, 0) is 63.3 Å². The predicted molar refractivity (Wildman–Crippen MR) is 91.7 cm³/mol. The van der Waals surface area contributed by atoms with Gasteiger partial charge < -0.3 is 10.2 Å². The molecule has 2 atom stereocenters. The Balaban J connectivity index is 1.80. The van der Waals surface area contributed by atoms with Crippen LogP contribution in [0.25, 0.3) is 0 Å². The van der Waals surface area contributed by atoms with Gasteiger partial charge in [-0.1, -0.05) is 30.1 Å². The number of fused-ring (bicyclic) bond motifs is 2. The van der Waals surface area contributed by atoms with E-state index in [-0.39, 0.29) is 0 Å². The van der Waals surface area contributed by atoms with Gasteiger partial charge in [0.25, 0.3) is 0 Å². The highest BCUT2D eigenvalue weighted by Crippen LogP contribution is 2.41. The monoisotopic (exact) mass is 326 g/mol. The molecule has 2 nitrogen and oxygen atoms in total. The van der Waals surface area contributed by atoms with E-state index in [1.165, 1.54) is 44.2 Å². The van der Waals surface area contributed by atoms with Crippen LogP contribution in [0, 0.1) is 0 Å². The van der Waals surface area contributed by atoms with Crippen molar-refractivity contribution in [3.8, 4) is 0 Å². The maximum atomic E-state index is 6.45. The number of nitrogens with one attached hydrogen (secondary N) is 1. The first-order valence-electron chi connectivity index (χ1n) is 8.15. The van der Waals surface area contributed by atoms with Crippen molar-refractivity contribution < 1.29 is 0 Å². The first kappa shape index (κ1) is 15.5. The van der Waals surface area contributed by atoms with E-state index in [1.54, 1.807) is 0 Å². The van der Waals surface area contributed by atoms with Crippen molar-refractivity contribution >= 4 is 28.9 Å². The minimum Gasteiger partial charge on any atom is -0.364 e. The zero-order valence-corrected chi connectivity index (χ0v) is 14.1. The molecule has 1 aromatic rings. The molecule has 21 heavy (non-hydrogen) atoms. The van der Waals surface area contributed by atoms with E-state index in [2.05, 4.69) is 23.2 Å². The number of anilines is 1. The smallest absolute Gasteiger partial charge is 0.0654 e. The molecule has 0 saturated carbocycles. The van der Waals surface area contributed by atoms with Crippen molar-refractivity contribution in [1.82, 2.24) is 5.32 Å². The van der Waals surface area contributed by atoms with E-state index in [4.69, 9.17) is 23.2 Å². The van der Waals surface area contributed by atoms with Gasteiger partial charge in [-0.2, -0.15) is 0 Å². The summed E-state index contributed by atoms with van der Waals surface area (Å²) in [6, 6.07) is 7.82. The summed E-state index contributed by atoms with van der Waals surface area (Å²) in [5.41, 5.74) is 1.17. The molecule has 2 bridgehead atoms. The molecule has 2 saturated heterocycles. The third-order valence-corrected chi connectivity index (χ3v) is 5.38. The second kappa shape index (κ2) is 6.76. The van der Waals surface area contributed by atoms with Gasteiger partial charge in [-0.3, -0.25) is 0 Å². The molecule has 0 amide bonds. The molecule has 2 aliphatic heterocycles. The topological polar surface area (TPSA) is 15.3 Å². The maximum Gasteiger partial charge on any atom is 0.0654 e. The fourth-order valence-electron chi connectivity index (χ4n) is 3.98. The van der Waals surface area contributed by atoms with Crippen LogP contribution in [0.1, 0.15) is 45.4 Å². The van der Waals surface area contributed by atoms with Crippen molar-refractivity contribution in [2.75, 3.05) is 11.4 Å². The van der Waals surface area contributed by atoms with E-state index in [1.807, 2.05) is 12.1 Å². The normalized spacial score (nSPS) is 28.7. The summed E-state index contributed by atoms with van der Waals surface area (Å²) in [6.45, 7) is 3.36. The number of piperidine rings is 2. The van der Waals surface area contributed by atoms with Crippen LogP contribution >= 0.6 is 23.2 Å². The summed E-state index contributed by atoms with van der Waals surface area (Å²) in [4.78, 5) is 2.58. The fourth-order valence-corrected chi connectivity index (χ4v) is 4.49.